The number of ether oxygens (including phenoxy) is 1. The third-order valence-corrected chi connectivity index (χ3v) is 15.5. The number of nitrogens with zero attached hydrogens (tertiary/aromatic N) is 1. The van der Waals surface area contributed by atoms with E-state index in [-0.39, 0.29) is 56.6 Å². The van der Waals surface area contributed by atoms with E-state index >= 15 is 14.4 Å². The molecule has 542 valence electrons. The van der Waals surface area contributed by atoms with Crippen LogP contribution < -0.4 is 75.3 Å². The molecule has 2 unspecified atom stereocenters. The fraction of sp³-hybridized carbons (Fsp3) is 0.703. The van der Waals surface area contributed by atoms with E-state index in [9.17, 15) is 63.6 Å². The smallest absolute Gasteiger partial charge is 0.408 e. The molecule has 12 amide bonds. The lowest BCUT2D eigenvalue weighted by molar-refractivity contribution is -0.139. The fourth-order valence-electron chi connectivity index (χ4n) is 9.89. The van der Waals surface area contributed by atoms with Gasteiger partial charge in [0.25, 0.3) is 0 Å². The molecule has 1 aliphatic heterocycles. The van der Waals surface area contributed by atoms with Crippen LogP contribution in [0, 0.1) is 28.6 Å². The summed E-state index contributed by atoms with van der Waals surface area (Å²) in [5.41, 5.74) is 8.84. The Kier molecular flexibility index (Phi) is 33.6. The van der Waals surface area contributed by atoms with Crippen molar-refractivity contribution < 1.29 is 82.7 Å². The van der Waals surface area contributed by atoms with Gasteiger partial charge in [-0.05, 0) is 87.5 Å². The first-order valence-corrected chi connectivity index (χ1v) is 32.5. The summed E-state index contributed by atoms with van der Waals surface area (Å²) in [6.07, 6.45) is -4.15. The molecule has 0 radical (unpaired) electrons. The molecule has 1 aromatic carbocycles. The largest absolute Gasteiger partial charge is 0.444 e. The molecule has 0 aliphatic carbocycles. The standard InChI is InChI=1S/C64H109N15O17/c1-17-33(5)43-56(91)70-37(25-22-26-67-60(65)66)50(85)74-44(34(6)18-2)57(92)76-45(35(7)82)55(90)68-29-42(83)69-40(30-80)53(88)72-41(31-81)54(89)77-46(36-23-20-19-21-24-36)47(58(93)79-48(59(94)75-43)49(84)32(3)4)78-52(87)38(27-62(8,9)10)71-51(86)39(28-63(11,12)13)73-61(95)96-64(14,15)16/h19-21,23-24,32-35,37-41,43-49,80-82,84H,17-18,22,25-31H2,1-16H3,(H,68,90)(H,69,83)(H,70,91)(H,71,86)(H,72,88)(H,73,95)(H,74,85)(H,75,94)(H,76,92)(H,77,89)(H,78,87)(H,79,93)(H4,65,66,67)/t33-,34-,35-,37+,38-,39+,40-,41?,43?,44-,45-,46+,47-,48-,49+/m0/s1. The molecule has 1 heterocycles. The van der Waals surface area contributed by atoms with Gasteiger partial charge < -0.3 is 100 Å². The van der Waals surface area contributed by atoms with Crippen molar-refractivity contribution in [1.82, 2.24) is 63.8 Å². The maximum Gasteiger partial charge on any atom is 0.408 e. The van der Waals surface area contributed by atoms with Crippen LogP contribution in [-0.2, 0) is 57.5 Å². The second-order valence-electron chi connectivity index (χ2n) is 28.1. The molecule has 1 aromatic rings. The zero-order chi connectivity index (χ0) is 73.3. The molecule has 1 aliphatic rings. The van der Waals surface area contributed by atoms with E-state index in [0.717, 1.165) is 6.92 Å². The van der Waals surface area contributed by atoms with Crippen molar-refractivity contribution in [2.75, 3.05) is 26.3 Å². The molecule has 32 nitrogen and oxygen atoms in total. The van der Waals surface area contributed by atoms with Gasteiger partial charge in [-0.2, -0.15) is 0 Å². The Morgan fingerprint density at radius 1 is 0.583 bits per heavy atom. The number of nitrogens with two attached hydrogens (primary N) is 2. The molecular formula is C64H109N15O17. The van der Waals surface area contributed by atoms with E-state index in [1.165, 1.54) is 38.1 Å². The molecule has 0 spiro atoms. The fourth-order valence-corrected chi connectivity index (χ4v) is 9.89. The molecule has 1 saturated heterocycles. The maximum atomic E-state index is 15.6. The summed E-state index contributed by atoms with van der Waals surface area (Å²) in [4.78, 5) is 177. The number of hydrogen-bond acceptors (Lipinski definition) is 18. The van der Waals surface area contributed by atoms with Gasteiger partial charge in [0.1, 0.15) is 66.0 Å². The van der Waals surface area contributed by atoms with Crippen LogP contribution in [0.2, 0.25) is 0 Å². The topological polar surface area (TPSA) is 504 Å². The number of carbonyl (C=O) groups is 12. The number of guanidine groups is 1. The highest BCUT2D eigenvalue weighted by Crippen LogP contribution is 2.26. The number of hydrogen-bond donors (Lipinski definition) is 18. The van der Waals surface area contributed by atoms with Crippen LogP contribution in [0.25, 0.3) is 0 Å². The lowest BCUT2D eigenvalue weighted by Gasteiger charge is -2.35. The Bertz CT molecular complexity index is 2840. The molecule has 96 heavy (non-hydrogen) atoms. The minimum Gasteiger partial charge on any atom is -0.444 e. The summed E-state index contributed by atoms with van der Waals surface area (Å²) in [5, 5.41) is 74.0. The minimum atomic E-state index is -2.11. The van der Waals surface area contributed by atoms with Crippen molar-refractivity contribution in [3.63, 3.8) is 0 Å². The highest BCUT2D eigenvalue weighted by atomic mass is 16.6. The number of carbonyl (C=O) groups excluding carboxylic acids is 12. The Hall–Kier alpha value is -8.23. The van der Waals surface area contributed by atoms with Crippen LogP contribution in [0.4, 0.5) is 4.79 Å². The van der Waals surface area contributed by atoms with Gasteiger partial charge in [0.15, 0.2) is 5.96 Å². The molecule has 0 saturated carbocycles. The predicted octanol–water partition coefficient (Wildman–Crippen LogP) is -2.37. The normalized spacial score (nSPS) is 24.2. The summed E-state index contributed by atoms with van der Waals surface area (Å²) in [5.74, 6) is -14.6. The van der Waals surface area contributed by atoms with Crippen molar-refractivity contribution in [2.45, 2.75) is 234 Å². The number of aliphatic hydroxyl groups excluding tert-OH is 4. The average molecular weight is 1360 g/mol. The van der Waals surface area contributed by atoms with Crippen molar-refractivity contribution in [3.8, 4) is 0 Å². The van der Waals surface area contributed by atoms with Crippen LogP contribution in [0.1, 0.15) is 161 Å². The maximum absolute atomic E-state index is 15.6. The monoisotopic (exact) mass is 1360 g/mol. The van der Waals surface area contributed by atoms with E-state index in [4.69, 9.17) is 16.2 Å². The van der Waals surface area contributed by atoms with E-state index in [0.29, 0.717) is 0 Å². The molecule has 32 heteroatoms. The third-order valence-electron chi connectivity index (χ3n) is 15.5. The third kappa shape index (κ3) is 28.6. The SMILES string of the molecule is CC[C@H](C)C1NC(=O)[C@H]([C@H](O)C(C)C)NC(=O)[C@@H](NC(=O)[C@H](CC(C)(C)C)NC(=O)[C@@H](CC(C)(C)C)NC(=O)OC(C)(C)C)[C@@H](c2ccccc2)NC(=O)C(CO)NC(=O)[C@H](CO)NC(=O)CNC(=O)[C@H]([C@H](C)O)NC(=O)[C@H]([C@@H](C)CC)NC(=O)[C@@H](CCCN=C(N)N)NC1=O. The number of rotatable bonds is 21. The number of aliphatic imine (C=N–C) groups is 1. The first kappa shape index (κ1) is 83.9. The van der Waals surface area contributed by atoms with Crippen LogP contribution in [-0.4, -0.2) is 202 Å². The van der Waals surface area contributed by atoms with Gasteiger partial charge >= 0.3 is 6.09 Å². The summed E-state index contributed by atoms with van der Waals surface area (Å²) < 4.78 is 5.48. The first-order chi connectivity index (χ1) is 44.5. The molecule has 2 rings (SSSR count). The number of alkyl carbamates (subject to hydrolysis) is 1. The Labute approximate surface area is 562 Å². The van der Waals surface area contributed by atoms with Gasteiger partial charge in [0, 0.05) is 6.54 Å². The van der Waals surface area contributed by atoms with Crippen LogP contribution >= 0.6 is 0 Å². The predicted molar refractivity (Wildman–Crippen MR) is 355 cm³/mol. The second-order valence-corrected chi connectivity index (χ2v) is 28.1. The van der Waals surface area contributed by atoms with Crippen LogP contribution in [0.15, 0.2) is 35.3 Å². The molecule has 0 bridgehead atoms. The average Bonchev–Trinajstić information content (AvgIpc) is 0.814. The zero-order valence-corrected chi connectivity index (χ0v) is 58.4. The van der Waals surface area contributed by atoms with E-state index in [1.807, 2.05) is 20.8 Å². The van der Waals surface area contributed by atoms with E-state index < -0.39 is 204 Å². The highest BCUT2D eigenvalue weighted by molar-refractivity contribution is 6.00. The summed E-state index contributed by atoms with van der Waals surface area (Å²) >= 11 is 0. The summed E-state index contributed by atoms with van der Waals surface area (Å²) in [7, 11) is 0. The summed E-state index contributed by atoms with van der Waals surface area (Å²) in [6.45, 7) is 23.0. The number of amides is 12. The Morgan fingerprint density at radius 2 is 1.04 bits per heavy atom. The molecule has 20 N–H and O–H groups in total. The van der Waals surface area contributed by atoms with Crippen LogP contribution in [0.5, 0.6) is 0 Å². The van der Waals surface area contributed by atoms with Crippen LogP contribution in [0.3, 0.4) is 0 Å². The van der Waals surface area contributed by atoms with Gasteiger partial charge in [0.05, 0.1) is 38.0 Å². The first-order valence-electron chi connectivity index (χ1n) is 32.5. The molecular weight excluding hydrogens is 1250 g/mol. The minimum absolute atomic E-state index is 0.0309. The van der Waals surface area contributed by atoms with Gasteiger partial charge in [-0.25, -0.2) is 4.79 Å². The quantitative estimate of drug-likeness (QED) is 0.0347. The van der Waals surface area contributed by atoms with Gasteiger partial charge in [-0.3, -0.25) is 57.7 Å². The van der Waals surface area contributed by atoms with E-state index in [1.54, 1.807) is 75.3 Å². The van der Waals surface area contributed by atoms with Gasteiger partial charge in [-0.1, -0.05) is 126 Å². The molecule has 1 fully saturated rings. The Morgan fingerprint density at radius 3 is 1.53 bits per heavy atom. The highest BCUT2D eigenvalue weighted by Gasteiger charge is 2.43. The van der Waals surface area contributed by atoms with Crippen molar-refractivity contribution >= 4 is 77.0 Å². The number of nitrogens with one attached hydrogen (secondary N) is 12. The zero-order valence-electron chi connectivity index (χ0n) is 58.4. The van der Waals surface area contributed by atoms with Gasteiger partial charge in [-0.15, -0.1) is 0 Å². The second kappa shape index (κ2) is 38.5. The Balaban J connectivity index is 3.15. The lowest BCUT2D eigenvalue weighted by atomic mass is 9.86. The van der Waals surface area contributed by atoms with E-state index in [2.05, 4.69) is 68.8 Å². The number of aliphatic hydroxyl groups is 4. The molecule has 15 atom stereocenters. The van der Waals surface area contributed by atoms with Crippen molar-refractivity contribution in [1.29, 1.82) is 0 Å². The molecule has 0 aromatic heterocycles. The van der Waals surface area contributed by atoms with Crippen molar-refractivity contribution in [3.05, 3.63) is 35.9 Å². The van der Waals surface area contributed by atoms with Crippen molar-refractivity contribution in [2.24, 2.45) is 45.0 Å². The number of benzene rings is 1. The van der Waals surface area contributed by atoms with Gasteiger partial charge in [0.2, 0.25) is 65.0 Å². The summed E-state index contributed by atoms with van der Waals surface area (Å²) in [6, 6.07) is -11.5. The lowest BCUT2D eigenvalue weighted by Crippen LogP contribution is -2.65.